The summed E-state index contributed by atoms with van der Waals surface area (Å²) in [5.74, 6) is 0.0205. The summed E-state index contributed by atoms with van der Waals surface area (Å²) in [6, 6.07) is 5.71. The molecule has 2 aromatic rings. The molecule has 0 unspecified atom stereocenters. The van der Waals surface area contributed by atoms with E-state index in [0.29, 0.717) is 5.69 Å². The monoisotopic (exact) mass is 301 g/mol. The van der Waals surface area contributed by atoms with Crippen molar-refractivity contribution in [2.75, 3.05) is 53.4 Å². The Kier molecular flexibility index (Phi) is 4.40. The number of H-pyrrole nitrogens is 1. The lowest BCUT2D eigenvalue weighted by Gasteiger charge is -2.33. The predicted molar refractivity (Wildman–Crippen MR) is 87.0 cm³/mol. The minimum absolute atomic E-state index is 0.0205. The van der Waals surface area contributed by atoms with Crippen molar-refractivity contribution in [1.82, 2.24) is 24.7 Å². The van der Waals surface area contributed by atoms with Crippen LogP contribution in [0.2, 0.25) is 0 Å². The molecule has 1 amide bonds. The van der Waals surface area contributed by atoms with Gasteiger partial charge in [0.25, 0.3) is 5.91 Å². The fraction of sp³-hybridized carbons (Fsp3) is 0.500. The van der Waals surface area contributed by atoms with Gasteiger partial charge in [-0.3, -0.25) is 9.69 Å². The van der Waals surface area contributed by atoms with Crippen LogP contribution in [-0.2, 0) is 0 Å². The van der Waals surface area contributed by atoms with Crippen LogP contribution in [-0.4, -0.2) is 83.9 Å². The molecule has 6 heteroatoms. The Morgan fingerprint density at radius 1 is 1.36 bits per heavy atom. The Bertz CT molecular complexity index is 612. The van der Waals surface area contributed by atoms with Crippen LogP contribution < -0.4 is 0 Å². The van der Waals surface area contributed by atoms with E-state index in [2.05, 4.69) is 26.8 Å². The van der Waals surface area contributed by atoms with Gasteiger partial charge in [-0.2, -0.15) is 0 Å². The number of likely N-dealkylation sites (N-methyl/N-ethyl adjacent to an activating group) is 2. The number of rotatable bonds is 4. The molecule has 0 aliphatic carbocycles. The second-order valence-electron chi connectivity index (χ2n) is 6.00. The molecule has 3 rings (SSSR count). The summed E-state index contributed by atoms with van der Waals surface area (Å²) in [6.45, 7) is 6.03. The molecule has 1 aliphatic heterocycles. The number of amides is 1. The highest BCUT2D eigenvalue weighted by Gasteiger charge is 2.17. The first-order valence-corrected chi connectivity index (χ1v) is 7.73. The fourth-order valence-electron chi connectivity index (χ4n) is 2.74. The van der Waals surface area contributed by atoms with Gasteiger partial charge in [0.1, 0.15) is 11.3 Å². The van der Waals surface area contributed by atoms with E-state index in [0.717, 1.165) is 50.3 Å². The maximum atomic E-state index is 12.5. The van der Waals surface area contributed by atoms with E-state index in [1.807, 2.05) is 25.2 Å². The summed E-state index contributed by atoms with van der Waals surface area (Å²) >= 11 is 0. The van der Waals surface area contributed by atoms with Crippen molar-refractivity contribution < 1.29 is 4.79 Å². The first kappa shape index (κ1) is 15.0. The summed E-state index contributed by atoms with van der Waals surface area (Å²) in [5, 5.41) is 0.971. The van der Waals surface area contributed by atoms with Crippen molar-refractivity contribution in [3.8, 4) is 0 Å². The van der Waals surface area contributed by atoms with Crippen molar-refractivity contribution in [3.63, 3.8) is 0 Å². The molecule has 1 saturated heterocycles. The molecule has 6 nitrogen and oxygen atoms in total. The first-order chi connectivity index (χ1) is 10.6. The number of hydrogen-bond acceptors (Lipinski definition) is 4. The molecule has 0 bridgehead atoms. The van der Waals surface area contributed by atoms with Crippen LogP contribution in [0, 0.1) is 0 Å². The number of piperazine rings is 1. The second-order valence-corrected chi connectivity index (χ2v) is 6.00. The lowest BCUT2D eigenvalue weighted by molar-refractivity contribution is 0.0755. The van der Waals surface area contributed by atoms with E-state index in [9.17, 15) is 4.79 Å². The molecule has 2 aromatic heterocycles. The van der Waals surface area contributed by atoms with Gasteiger partial charge in [0.15, 0.2) is 0 Å². The minimum atomic E-state index is 0.0205. The molecule has 0 radical (unpaired) electrons. The van der Waals surface area contributed by atoms with Gasteiger partial charge < -0.3 is 14.8 Å². The molecule has 1 fully saturated rings. The highest BCUT2D eigenvalue weighted by Crippen LogP contribution is 2.13. The maximum absolute atomic E-state index is 12.5. The number of aromatic nitrogens is 2. The van der Waals surface area contributed by atoms with Crippen LogP contribution in [0.4, 0.5) is 0 Å². The van der Waals surface area contributed by atoms with Crippen LogP contribution in [0.5, 0.6) is 0 Å². The Hall–Kier alpha value is -1.92. The van der Waals surface area contributed by atoms with Gasteiger partial charge >= 0.3 is 0 Å². The number of carbonyl (C=O) groups excluding carboxylic acids is 1. The normalized spacial score (nSPS) is 17.0. The number of carbonyl (C=O) groups is 1. The number of hydrogen-bond donors (Lipinski definition) is 1. The van der Waals surface area contributed by atoms with Gasteiger partial charge in [-0.15, -0.1) is 0 Å². The number of pyridine rings is 1. The van der Waals surface area contributed by atoms with Gasteiger partial charge in [0, 0.05) is 57.9 Å². The molecule has 0 spiro atoms. The largest absolute Gasteiger partial charge is 0.339 e. The molecule has 118 valence electrons. The zero-order chi connectivity index (χ0) is 15.5. The van der Waals surface area contributed by atoms with E-state index in [1.54, 1.807) is 11.1 Å². The lowest BCUT2D eigenvalue weighted by Crippen LogP contribution is -2.47. The van der Waals surface area contributed by atoms with Crippen molar-refractivity contribution in [2.24, 2.45) is 0 Å². The zero-order valence-electron chi connectivity index (χ0n) is 13.2. The van der Waals surface area contributed by atoms with Gasteiger partial charge in [0.05, 0.1) is 0 Å². The molecule has 0 saturated carbocycles. The van der Waals surface area contributed by atoms with Gasteiger partial charge in [0.2, 0.25) is 0 Å². The van der Waals surface area contributed by atoms with Crippen LogP contribution in [0.25, 0.3) is 11.0 Å². The van der Waals surface area contributed by atoms with Crippen LogP contribution >= 0.6 is 0 Å². The van der Waals surface area contributed by atoms with Crippen molar-refractivity contribution in [3.05, 3.63) is 30.1 Å². The van der Waals surface area contributed by atoms with Gasteiger partial charge in [-0.05, 0) is 25.2 Å². The highest BCUT2D eigenvalue weighted by atomic mass is 16.2. The SMILES string of the molecule is CN1CCN(CCN(C)C(=O)c2cc3cccnc3[nH]2)CC1. The summed E-state index contributed by atoms with van der Waals surface area (Å²) in [5.41, 5.74) is 1.37. The summed E-state index contributed by atoms with van der Waals surface area (Å²) in [7, 11) is 4.01. The van der Waals surface area contributed by atoms with Crippen molar-refractivity contribution >= 4 is 16.9 Å². The van der Waals surface area contributed by atoms with E-state index in [-0.39, 0.29) is 5.91 Å². The van der Waals surface area contributed by atoms with Gasteiger partial charge in [-0.25, -0.2) is 4.98 Å². The Labute approximate surface area is 130 Å². The van der Waals surface area contributed by atoms with E-state index in [1.165, 1.54) is 0 Å². The molecule has 22 heavy (non-hydrogen) atoms. The minimum Gasteiger partial charge on any atom is -0.339 e. The van der Waals surface area contributed by atoms with Crippen LogP contribution in [0.15, 0.2) is 24.4 Å². The highest BCUT2D eigenvalue weighted by molar-refractivity contribution is 5.97. The molecule has 0 aromatic carbocycles. The smallest absolute Gasteiger partial charge is 0.270 e. The quantitative estimate of drug-likeness (QED) is 0.911. The standard InChI is InChI=1S/C16H23N5O/c1-19-6-9-21(10-7-19)11-8-20(2)16(22)14-12-13-4-3-5-17-15(13)18-14/h3-5,12H,6-11H2,1-2H3,(H,17,18). The summed E-state index contributed by atoms with van der Waals surface area (Å²) in [6.07, 6.45) is 1.73. The Balaban J connectivity index is 1.57. The first-order valence-electron chi connectivity index (χ1n) is 7.73. The third-order valence-corrected chi connectivity index (χ3v) is 4.32. The Morgan fingerprint density at radius 2 is 2.14 bits per heavy atom. The average Bonchev–Trinajstić information content (AvgIpc) is 2.97. The number of fused-ring (bicyclic) bond motifs is 1. The second kappa shape index (κ2) is 6.46. The van der Waals surface area contributed by atoms with Gasteiger partial charge in [-0.1, -0.05) is 0 Å². The molecule has 3 heterocycles. The van der Waals surface area contributed by atoms with E-state index >= 15 is 0 Å². The molecular formula is C16H23N5O. The van der Waals surface area contributed by atoms with Crippen LogP contribution in [0.3, 0.4) is 0 Å². The van der Waals surface area contributed by atoms with E-state index < -0.39 is 0 Å². The molecule has 1 aliphatic rings. The van der Waals surface area contributed by atoms with Crippen molar-refractivity contribution in [2.45, 2.75) is 0 Å². The predicted octanol–water partition coefficient (Wildman–Crippen LogP) is 0.882. The molecule has 0 atom stereocenters. The zero-order valence-corrected chi connectivity index (χ0v) is 13.2. The average molecular weight is 301 g/mol. The fourth-order valence-corrected chi connectivity index (χ4v) is 2.74. The van der Waals surface area contributed by atoms with E-state index in [4.69, 9.17) is 0 Å². The third-order valence-electron chi connectivity index (χ3n) is 4.32. The maximum Gasteiger partial charge on any atom is 0.270 e. The van der Waals surface area contributed by atoms with Crippen LogP contribution in [0.1, 0.15) is 10.5 Å². The summed E-state index contributed by atoms with van der Waals surface area (Å²) < 4.78 is 0. The third kappa shape index (κ3) is 3.28. The number of nitrogens with one attached hydrogen (secondary N) is 1. The number of nitrogens with zero attached hydrogens (tertiary/aromatic N) is 4. The number of aromatic amines is 1. The topological polar surface area (TPSA) is 55.5 Å². The lowest BCUT2D eigenvalue weighted by atomic mass is 10.3. The summed E-state index contributed by atoms with van der Waals surface area (Å²) in [4.78, 5) is 26.3. The molecule has 1 N–H and O–H groups in total. The van der Waals surface area contributed by atoms with Crippen molar-refractivity contribution in [1.29, 1.82) is 0 Å². The Morgan fingerprint density at radius 3 is 2.86 bits per heavy atom. The molecular weight excluding hydrogens is 278 g/mol.